The Morgan fingerprint density at radius 2 is 2.33 bits per heavy atom. The first-order valence-electron chi connectivity index (χ1n) is 6.38. The second-order valence-electron chi connectivity index (χ2n) is 5.21. The Balaban J connectivity index is 2.15. The van der Waals surface area contributed by atoms with Crippen molar-refractivity contribution in [3.63, 3.8) is 0 Å². The van der Waals surface area contributed by atoms with Crippen LogP contribution in [0.4, 0.5) is 0 Å². The Morgan fingerprint density at radius 1 is 1.61 bits per heavy atom. The molecule has 18 heavy (non-hydrogen) atoms. The lowest BCUT2D eigenvalue weighted by Gasteiger charge is -2.26. The predicted octanol–water partition coefficient (Wildman–Crippen LogP) is 3.07. The Labute approximate surface area is 116 Å². The summed E-state index contributed by atoms with van der Waals surface area (Å²) < 4.78 is 5.31. The number of alkyl halides is 1. The average molecular weight is 315 g/mol. The fourth-order valence-corrected chi connectivity index (χ4v) is 2.57. The third-order valence-electron chi connectivity index (χ3n) is 3.33. The maximum atomic E-state index is 12.4. The zero-order valence-electron chi connectivity index (χ0n) is 11.0. The molecule has 0 N–H and O–H groups in total. The van der Waals surface area contributed by atoms with Gasteiger partial charge in [-0.05, 0) is 25.7 Å². The molecule has 0 aliphatic carbocycles. The van der Waals surface area contributed by atoms with Crippen molar-refractivity contribution in [2.24, 2.45) is 5.92 Å². The number of carbonyl (C=O) groups excluding carboxylic acids is 1. The molecule has 1 saturated heterocycles. The van der Waals surface area contributed by atoms with Crippen molar-refractivity contribution in [1.29, 1.82) is 0 Å². The minimum Gasteiger partial charge on any atom is -0.359 e. The van der Waals surface area contributed by atoms with Crippen LogP contribution in [-0.4, -0.2) is 27.3 Å². The first-order valence-corrected chi connectivity index (χ1v) is 7.30. The minimum absolute atomic E-state index is 0.0532. The number of aromatic nitrogens is 1. The maximum absolute atomic E-state index is 12.4. The van der Waals surface area contributed by atoms with Gasteiger partial charge in [-0.2, -0.15) is 0 Å². The van der Waals surface area contributed by atoms with Crippen molar-refractivity contribution in [3.05, 3.63) is 17.5 Å². The summed E-state index contributed by atoms with van der Waals surface area (Å²) in [4.78, 5) is 14.2. The third kappa shape index (κ3) is 2.60. The van der Waals surface area contributed by atoms with Crippen LogP contribution < -0.4 is 0 Å². The molecule has 1 amide bonds. The highest BCUT2D eigenvalue weighted by Gasteiger charge is 2.35. The van der Waals surface area contributed by atoms with Crippen LogP contribution in [0.2, 0.25) is 0 Å². The van der Waals surface area contributed by atoms with Crippen LogP contribution >= 0.6 is 15.9 Å². The van der Waals surface area contributed by atoms with E-state index >= 15 is 0 Å². The minimum atomic E-state index is -0.123. The lowest BCUT2D eigenvalue weighted by Crippen LogP contribution is -2.38. The number of carbonyl (C=O) groups is 1. The summed E-state index contributed by atoms with van der Waals surface area (Å²) >= 11 is 3.49. The van der Waals surface area contributed by atoms with E-state index in [4.69, 9.17) is 4.52 Å². The van der Waals surface area contributed by atoms with E-state index in [9.17, 15) is 4.79 Å². The Bertz CT molecular complexity index is 430. The molecule has 0 radical (unpaired) electrons. The van der Waals surface area contributed by atoms with E-state index in [1.165, 1.54) is 0 Å². The van der Waals surface area contributed by atoms with Gasteiger partial charge >= 0.3 is 0 Å². The number of hydrogen-bond acceptors (Lipinski definition) is 3. The van der Waals surface area contributed by atoms with Gasteiger partial charge in [0.25, 0.3) is 0 Å². The SMILES string of the molecule is Cc1cc(C2CCCN2C(=O)C(Br)C(C)C)on1. The summed E-state index contributed by atoms with van der Waals surface area (Å²) in [5.74, 6) is 1.25. The fraction of sp³-hybridized carbons (Fsp3) is 0.692. The van der Waals surface area contributed by atoms with Gasteiger partial charge in [0, 0.05) is 12.6 Å². The van der Waals surface area contributed by atoms with Crippen LogP contribution in [0.25, 0.3) is 0 Å². The molecule has 5 heteroatoms. The largest absolute Gasteiger partial charge is 0.359 e. The number of hydrogen-bond donors (Lipinski definition) is 0. The monoisotopic (exact) mass is 314 g/mol. The Kier molecular flexibility index (Phi) is 4.10. The first-order chi connectivity index (χ1) is 8.50. The zero-order valence-corrected chi connectivity index (χ0v) is 12.6. The van der Waals surface area contributed by atoms with E-state index in [-0.39, 0.29) is 22.7 Å². The maximum Gasteiger partial charge on any atom is 0.237 e. The molecule has 2 heterocycles. The van der Waals surface area contributed by atoms with Crippen LogP contribution in [0.1, 0.15) is 44.2 Å². The van der Waals surface area contributed by atoms with Gasteiger partial charge in [0.05, 0.1) is 16.6 Å². The molecule has 0 aromatic carbocycles. The van der Waals surface area contributed by atoms with Gasteiger partial charge in [-0.1, -0.05) is 34.9 Å². The number of rotatable bonds is 3. The van der Waals surface area contributed by atoms with Crippen LogP contribution in [0.15, 0.2) is 10.6 Å². The van der Waals surface area contributed by atoms with Gasteiger partial charge in [-0.15, -0.1) is 0 Å². The highest BCUT2D eigenvalue weighted by atomic mass is 79.9. The van der Waals surface area contributed by atoms with Crippen molar-refractivity contribution in [2.75, 3.05) is 6.54 Å². The molecule has 2 atom stereocenters. The summed E-state index contributed by atoms with van der Waals surface area (Å²) in [6.45, 7) is 6.79. The van der Waals surface area contributed by atoms with Crippen molar-refractivity contribution in [2.45, 2.75) is 44.5 Å². The number of halogens is 1. The summed E-state index contributed by atoms with van der Waals surface area (Å²) in [5.41, 5.74) is 0.864. The highest BCUT2D eigenvalue weighted by molar-refractivity contribution is 9.10. The van der Waals surface area contributed by atoms with Gasteiger partial charge in [0.2, 0.25) is 5.91 Å². The van der Waals surface area contributed by atoms with Gasteiger partial charge in [-0.25, -0.2) is 0 Å². The molecule has 1 fully saturated rings. The van der Waals surface area contributed by atoms with Crippen LogP contribution in [0, 0.1) is 12.8 Å². The normalized spacial score (nSPS) is 21.6. The van der Waals surface area contributed by atoms with E-state index in [1.807, 2.05) is 31.7 Å². The molecule has 2 rings (SSSR count). The van der Waals surface area contributed by atoms with Crippen molar-refractivity contribution < 1.29 is 9.32 Å². The Morgan fingerprint density at radius 3 is 2.89 bits per heavy atom. The topological polar surface area (TPSA) is 46.3 Å². The quantitative estimate of drug-likeness (QED) is 0.805. The van der Waals surface area contributed by atoms with Crippen molar-refractivity contribution in [3.8, 4) is 0 Å². The van der Waals surface area contributed by atoms with Crippen molar-refractivity contribution in [1.82, 2.24) is 10.1 Å². The number of nitrogens with zero attached hydrogens (tertiary/aromatic N) is 2. The van der Waals surface area contributed by atoms with Crippen LogP contribution in [0.5, 0.6) is 0 Å². The molecule has 4 nitrogen and oxygen atoms in total. The molecule has 1 aromatic heterocycles. The van der Waals surface area contributed by atoms with Gasteiger partial charge in [0.15, 0.2) is 5.76 Å². The molecule has 1 aliphatic rings. The lowest BCUT2D eigenvalue weighted by atomic mass is 10.1. The second-order valence-corrected chi connectivity index (χ2v) is 6.19. The third-order valence-corrected chi connectivity index (χ3v) is 4.78. The number of amides is 1. The second kappa shape index (κ2) is 5.43. The number of aryl methyl sites for hydroxylation is 1. The molecule has 100 valence electrons. The average Bonchev–Trinajstić information content (AvgIpc) is 2.94. The van der Waals surface area contributed by atoms with Gasteiger partial charge in [0.1, 0.15) is 0 Å². The van der Waals surface area contributed by atoms with Crippen LogP contribution in [-0.2, 0) is 4.79 Å². The smallest absolute Gasteiger partial charge is 0.237 e. The summed E-state index contributed by atoms with van der Waals surface area (Å²) in [6, 6.07) is 1.98. The highest BCUT2D eigenvalue weighted by Crippen LogP contribution is 2.34. The molecule has 1 aromatic rings. The van der Waals surface area contributed by atoms with E-state index in [0.717, 1.165) is 30.8 Å². The van der Waals surface area contributed by atoms with Gasteiger partial charge < -0.3 is 9.42 Å². The van der Waals surface area contributed by atoms with E-state index in [0.29, 0.717) is 0 Å². The molecule has 1 aliphatic heterocycles. The Hall–Kier alpha value is -0.840. The summed E-state index contributed by atoms with van der Waals surface area (Å²) in [7, 11) is 0. The molecular weight excluding hydrogens is 296 g/mol. The van der Waals surface area contributed by atoms with E-state index in [1.54, 1.807) is 0 Å². The molecular formula is C13H19BrN2O2. The van der Waals surface area contributed by atoms with Gasteiger partial charge in [-0.3, -0.25) is 4.79 Å². The predicted molar refractivity (Wildman–Crippen MR) is 72.5 cm³/mol. The van der Waals surface area contributed by atoms with Crippen molar-refractivity contribution >= 4 is 21.8 Å². The first kappa shape index (κ1) is 13.6. The molecule has 0 spiro atoms. The molecule has 0 saturated carbocycles. The fourth-order valence-electron chi connectivity index (χ4n) is 2.31. The van der Waals surface area contributed by atoms with Crippen LogP contribution in [0.3, 0.4) is 0 Å². The summed E-state index contributed by atoms with van der Waals surface area (Å²) in [5, 5.41) is 3.91. The molecule has 2 unspecified atom stereocenters. The lowest BCUT2D eigenvalue weighted by molar-refractivity contribution is -0.132. The van der Waals surface area contributed by atoms with E-state index in [2.05, 4.69) is 21.1 Å². The zero-order chi connectivity index (χ0) is 13.3. The molecule has 0 bridgehead atoms. The van der Waals surface area contributed by atoms with E-state index < -0.39 is 0 Å². The standard InChI is InChI=1S/C13H19BrN2O2/c1-8(2)12(14)13(17)16-6-4-5-10(16)11-7-9(3)15-18-11/h7-8,10,12H,4-6H2,1-3H3. The number of likely N-dealkylation sites (tertiary alicyclic amines) is 1. The summed E-state index contributed by atoms with van der Waals surface area (Å²) in [6.07, 6.45) is 1.98.